The fraction of sp³-hybridized carbons (Fsp3) is 0.417. The second-order valence-corrected chi connectivity index (χ2v) is 9.04. The van der Waals surface area contributed by atoms with Gasteiger partial charge in [-0.25, -0.2) is 0 Å². The normalized spacial score (nSPS) is 26.2. The number of carbonyl (C=O) groups is 2. The molecule has 1 spiro atoms. The maximum absolute atomic E-state index is 13.5. The monoisotopic (exact) mass is 446 g/mol. The molecule has 1 saturated heterocycles. The Kier molecular flexibility index (Phi) is 6.19. The summed E-state index contributed by atoms with van der Waals surface area (Å²) in [6, 6.07) is 12.8. The summed E-state index contributed by atoms with van der Waals surface area (Å²) in [5.41, 5.74) is 1.28. The Balaban J connectivity index is 1.64. The number of rotatable bonds is 5. The lowest BCUT2D eigenvalue weighted by atomic mass is 9.72. The van der Waals surface area contributed by atoms with Crippen molar-refractivity contribution in [1.82, 2.24) is 0 Å². The van der Waals surface area contributed by atoms with Crippen LogP contribution in [0.2, 0.25) is 10.0 Å². The molecule has 0 radical (unpaired) electrons. The predicted octanol–water partition coefficient (Wildman–Crippen LogP) is 5.84. The molecule has 1 heterocycles. The van der Waals surface area contributed by atoms with Gasteiger partial charge in [0.1, 0.15) is 5.92 Å². The van der Waals surface area contributed by atoms with E-state index in [0.29, 0.717) is 41.0 Å². The van der Waals surface area contributed by atoms with Crippen molar-refractivity contribution in [2.75, 3.05) is 13.7 Å². The summed E-state index contributed by atoms with van der Waals surface area (Å²) in [7, 11) is 1.67. The smallest absolute Gasteiger partial charge is 0.322 e. The SMILES string of the molecule is COCCC1CCCC2(C1)OC(=O)C(c1cc(-c3ccc(Cl)cc3)ccc1Cl)C2=O. The van der Waals surface area contributed by atoms with Crippen molar-refractivity contribution >= 4 is 35.0 Å². The molecule has 0 amide bonds. The van der Waals surface area contributed by atoms with Crippen molar-refractivity contribution in [2.45, 2.75) is 43.6 Å². The lowest BCUT2D eigenvalue weighted by molar-refractivity contribution is -0.156. The van der Waals surface area contributed by atoms with E-state index in [0.717, 1.165) is 30.4 Å². The van der Waals surface area contributed by atoms with E-state index in [1.165, 1.54) is 0 Å². The molecule has 1 saturated carbocycles. The quantitative estimate of drug-likeness (QED) is 0.427. The molecular formula is C24H24Cl2O4. The average Bonchev–Trinajstić information content (AvgIpc) is 2.97. The maximum atomic E-state index is 13.5. The third-order valence-electron chi connectivity index (χ3n) is 6.27. The summed E-state index contributed by atoms with van der Waals surface area (Å²) in [5, 5.41) is 1.04. The van der Waals surface area contributed by atoms with E-state index in [2.05, 4.69) is 0 Å². The number of ether oxygens (including phenoxy) is 2. The highest BCUT2D eigenvalue weighted by atomic mass is 35.5. The molecule has 2 fully saturated rings. The summed E-state index contributed by atoms with van der Waals surface area (Å²) in [5.74, 6) is -1.33. The number of benzene rings is 2. The summed E-state index contributed by atoms with van der Waals surface area (Å²) in [6.07, 6.45) is 3.88. The second-order valence-electron chi connectivity index (χ2n) is 8.20. The lowest BCUT2D eigenvalue weighted by Crippen LogP contribution is -2.42. The number of halogens is 2. The average molecular weight is 447 g/mol. The zero-order valence-electron chi connectivity index (χ0n) is 16.8. The van der Waals surface area contributed by atoms with E-state index < -0.39 is 17.5 Å². The van der Waals surface area contributed by atoms with Gasteiger partial charge in [0.2, 0.25) is 0 Å². The summed E-state index contributed by atoms with van der Waals surface area (Å²) >= 11 is 12.4. The molecule has 0 aromatic heterocycles. The van der Waals surface area contributed by atoms with Crippen molar-refractivity contribution in [3.8, 4) is 11.1 Å². The number of carbonyl (C=O) groups excluding carboxylic acids is 2. The Bertz CT molecular complexity index is 956. The first-order chi connectivity index (χ1) is 14.4. The van der Waals surface area contributed by atoms with Gasteiger partial charge in [-0.05, 0) is 72.6 Å². The number of Topliss-reactive ketones (excluding diaryl/α,β-unsaturated/α-hetero) is 1. The minimum Gasteiger partial charge on any atom is -0.450 e. The number of esters is 1. The van der Waals surface area contributed by atoms with Crippen LogP contribution in [0.3, 0.4) is 0 Å². The van der Waals surface area contributed by atoms with Crippen LogP contribution in [-0.2, 0) is 19.1 Å². The van der Waals surface area contributed by atoms with E-state index in [-0.39, 0.29) is 5.78 Å². The van der Waals surface area contributed by atoms with Gasteiger partial charge in [-0.1, -0.05) is 47.8 Å². The Morgan fingerprint density at radius 1 is 1.10 bits per heavy atom. The van der Waals surface area contributed by atoms with E-state index in [1.807, 2.05) is 24.3 Å². The molecule has 1 aliphatic carbocycles. The molecule has 2 aliphatic rings. The van der Waals surface area contributed by atoms with Crippen LogP contribution in [0.1, 0.15) is 43.6 Å². The van der Waals surface area contributed by atoms with Crippen molar-refractivity contribution in [2.24, 2.45) is 5.92 Å². The number of hydrogen-bond donors (Lipinski definition) is 0. The molecule has 30 heavy (non-hydrogen) atoms. The molecule has 2 aromatic carbocycles. The van der Waals surface area contributed by atoms with Gasteiger partial charge in [0.15, 0.2) is 11.4 Å². The minimum atomic E-state index is -1.03. The Morgan fingerprint density at radius 2 is 1.83 bits per heavy atom. The molecule has 1 aliphatic heterocycles. The van der Waals surface area contributed by atoms with Crippen LogP contribution in [0.5, 0.6) is 0 Å². The zero-order valence-corrected chi connectivity index (χ0v) is 18.3. The first kappa shape index (κ1) is 21.4. The van der Waals surface area contributed by atoms with Gasteiger partial charge >= 0.3 is 5.97 Å². The molecule has 4 nitrogen and oxygen atoms in total. The molecule has 3 atom stereocenters. The molecule has 3 unspecified atom stereocenters. The Labute approximate surface area is 186 Å². The molecule has 4 rings (SSSR count). The van der Waals surface area contributed by atoms with Crippen LogP contribution in [0, 0.1) is 5.92 Å². The van der Waals surface area contributed by atoms with Gasteiger partial charge in [-0.15, -0.1) is 0 Å². The second kappa shape index (κ2) is 8.70. The van der Waals surface area contributed by atoms with Crippen molar-refractivity contribution in [3.63, 3.8) is 0 Å². The molecule has 0 bridgehead atoms. The predicted molar refractivity (Wildman–Crippen MR) is 117 cm³/mol. The lowest BCUT2D eigenvalue weighted by Gasteiger charge is -2.35. The van der Waals surface area contributed by atoms with E-state index in [1.54, 1.807) is 25.3 Å². The van der Waals surface area contributed by atoms with Crippen LogP contribution in [0.15, 0.2) is 42.5 Å². The van der Waals surface area contributed by atoms with Gasteiger partial charge in [0.05, 0.1) is 0 Å². The van der Waals surface area contributed by atoms with Crippen LogP contribution < -0.4 is 0 Å². The van der Waals surface area contributed by atoms with Gasteiger partial charge in [-0.3, -0.25) is 9.59 Å². The van der Waals surface area contributed by atoms with Crippen molar-refractivity contribution < 1.29 is 19.1 Å². The van der Waals surface area contributed by atoms with Crippen LogP contribution >= 0.6 is 23.2 Å². The highest BCUT2D eigenvalue weighted by Gasteiger charge is 2.57. The molecule has 6 heteroatoms. The molecule has 2 aromatic rings. The molecule has 0 N–H and O–H groups in total. The first-order valence-electron chi connectivity index (χ1n) is 10.2. The van der Waals surface area contributed by atoms with Gasteiger partial charge < -0.3 is 9.47 Å². The molecular weight excluding hydrogens is 423 g/mol. The van der Waals surface area contributed by atoms with E-state index >= 15 is 0 Å². The van der Waals surface area contributed by atoms with Crippen LogP contribution in [0.25, 0.3) is 11.1 Å². The minimum absolute atomic E-state index is 0.162. The number of hydrogen-bond acceptors (Lipinski definition) is 4. The van der Waals surface area contributed by atoms with Crippen molar-refractivity contribution in [3.05, 3.63) is 58.1 Å². The van der Waals surface area contributed by atoms with Crippen LogP contribution in [-0.4, -0.2) is 31.1 Å². The largest absolute Gasteiger partial charge is 0.450 e. The topological polar surface area (TPSA) is 52.6 Å². The van der Waals surface area contributed by atoms with Gasteiger partial charge in [0, 0.05) is 23.8 Å². The Morgan fingerprint density at radius 3 is 2.57 bits per heavy atom. The molecule has 158 valence electrons. The third-order valence-corrected chi connectivity index (χ3v) is 6.87. The third kappa shape index (κ3) is 4.01. The summed E-state index contributed by atoms with van der Waals surface area (Å²) in [4.78, 5) is 26.4. The fourth-order valence-electron chi connectivity index (χ4n) is 4.72. The standard InChI is InChI=1S/C24H24Cl2O4/c1-29-12-10-15-3-2-11-24(14-15)22(27)21(23(28)30-24)19-13-17(6-9-20(19)26)16-4-7-18(25)8-5-16/h4-9,13,15,21H,2-3,10-12,14H2,1H3. The maximum Gasteiger partial charge on any atom is 0.322 e. The van der Waals surface area contributed by atoms with Gasteiger partial charge in [-0.2, -0.15) is 0 Å². The summed E-state index contributed by atoms with van der Waals surface area (Å²) in [6.45, 7) is 0.640. The van der Waals surface area contributed by atoms with Crippen molar-refractivity contribution in [1.29, 1.82) is 0 Å². The number of methoxy groups -OCH3 is 1. The van der Waals surface area contributed by atoms with E-state index in [4.69, 9.17) is 32.7 Å². The Hall–Kier alpha value is -1.88. The van der Waals surface area contributed by atoms with Gasteiger partial charge in [0.25, 0.3) is 0 Å². The van der Waals surface area contributed by atoms with Crippen LogP contribution in [0.4, 0.5) is 0 Å². The number of ketones is 1. The first-order valence-corrected chi connectivity index (χ1v) is 11.0. The summed E-state index contributed by atoms with van der Waals surface area (Å²) < 4.78 is 11.0. The van der Waals surface area contributed by atoms with E-state index in [9.17, 15) is 9.59 Å². The highest BCUT2D eigenvalue weighted by Crippen LogP contribution is 2.47. The fourth-order valence-corrected chi connectivity index (χ4v) is 5.07. The zero-order chi connectivity index (χ0) is 21.3. The highest BCUT2D eigenvalue weighted by molar-refractivity contribution is 6.32.